The number of aromatic amines is 4. The molecule has 0 fully saturated rings. The Morgan fingerprint density at radius 3 is 1.59 bits per heavy atom. The highest BCUT2D eigenvalue weighted by atomic mass is 35.5. The second-order valence-electron chi connectivity index (χ2n) is 5.08. The second kappa shape index (κ2) is 6.11. The molecule has 0 aliphatic heterocycles. The van der Waals surface area contributed by atoms with Gasteiger partial charge in [0.25, 0.3) is 11.1 Å². The summed E-state index contributed by atoms with van der Waals surface area (Å²) in [5.74, 6) is -0.406. The maximum Gasteiger partial charge on any atom is 0.268 e. The average molecular weight is 321 g/mol. The van der Waals surface area contributed by atoms with Gasteiger partial charge in [0, 0.05) is 17.3 Å². The van der Waals surface area contributed by atoms with E-state index in [9.17, 15) is 9.59 Å². The van der Waals surface area contributed by atoms with Gasteiger partial charge in [-0.1, -0.05) is 30.3 Å². The molecule has 2 heterocycles. The van der Waals surface area contributed by atoms with Crippen molar-refractivity contribution in [2.24, 2.45) is 0 Å². The molecule has 0 saturated heterocycles. The number of nitrogens with one attached hydrogen (secondary N) is 4. The van der Waals surface area contributed by atoms with Crippen molar-refractivity contribution in [2.75, 3.05) is 0 Å². The molecule has 0 unspecified atom stereocenters. The molecule has 0 aliphatic rings. The Bertz CT molecular complexity index is 819. The number of rotatable bonds is 3. The molecule has 3 rings (SSSR count). The Hall–Kier alpha value is -2.47. The number of aryl methyl sites for hydroxylation is 2. The van der Waals surface area contributed by atoms with Crippen LogP contribution in [0.25, 0.3) is 0 Å². The molecule has 7 heteroatoms. The van der Waals surface area contributed by atoms with Crippen LogP contribution in [0, 0.1) is 13.8 Å². The number of hydrogen-bond donors (Lipinski definition) is 4. The topological polar surface area (TPSA) is 97.3 Å². The van der Waals surface area contributed by atoms with Crippen LogP contribution in [0.3, 0.4) is 0 Å². The van der Waals surface area contributed by atoms with E-state index < -0.39 is 5.92 Å². The van der Waals surface area contributed by atoms with Crippen LogP contribution >= 0.6 is 12.4 Å². The predicted octanol–water partition coefficient (Wildman–Crippen LogP) is 1.94. The molecule has 22 heavy (non-hydrogen) atoms. The van der Waals surface area contributed by atoms with Crippen molar-refractivity contribution >= 4 is 12.4 Å². The predicted molar refractivity (Wildman–Crippen MR) is 86.9 cm³/mol. The average Bonchev–Trinajstić information content (AvgIpc) is 2.98. The molecule has 0 aliphatic carbocycles. The van der Waals surface area contributed by atoms with Crippen molar-refractivity contribution in [2.45, 2.75) is 19.8 Å². The molecule has 0 bridgehead atoms. The number of halogens is 1. The third-order valence-corrected chi connectivity index (χ3v) is 3.73. The minimum atomic E-state index is -0.406. The van der Waals surface area contributed by atoms with Crippen LogP contribution in [0.15, 0.2) is 39.9 Å². The number of aromatic nitrogens is 4. The quantitative estimate of drug-likeness (QED) is 0.593. The molecule has 0 radical (unpaired) electrons. The monoisotopic (exact) mass is 320 g/mol. The van der Waals surface area contributed by atoms with Gasteiger partial charge >= 0.3 is 0 Å². The fraction of sp³-hybridized carbons (Fsp3) is 0.200. The molecule has 116 valence electrons. The van der Waals surface area contributed by atoms with Gasteiger partial charge in [-0.2, -0.15) is 0 Å². The number of benzene rings is 1. The molecule has 0 amide bonds. The summed E-state index contributed by atoms with van der Waals surface area (Å²) in [5, 5.41) is 10.8. The molecule has 3 aromatic rings. The third-order valence-electron chi connectivity index (χ3n) is 3.73. The molecule has 4 N–H and O–H groups in total. The van der Waals surface area contributed by atoms with Crippen molar-refractivity contribution in [3.05, 3.63) is 79.1 Å². The van der Waals surface area contributed by atoms with Crippen LogP contribution in [0.2, 0.25) is 0 Å². The highest BCUT2D eigenvalue weighted by Gasteiger charge is 2.27. The molecular formula is C15H17ClN4O2. The van der Waals surface area contributed by atoms with Gasteiger partial charge in [0.2, 0.25) is 0 Å². The lowest BCUT2D eigenvalue weighted by molar-refractivity contribution is 0.931. The Morgan fingerprint density at radius 1 is 0.773 bits per heavy atom. The van der Waals surface area contributed by atoms with Crippen LogP contribution in [0.1, 0.15) is 34.0 Å². The van der Waals surface area contributed by atoms with E-state index in [0.29, 0.717) is 11.1 Å². The van der Waals surface area contributed by atoms with E-state index in [1.54, 1.807) is 0 Å². The summed E-state index contributed by atoms with van der Waals surface area (Å²) >= 11 is 0. The zero-order valence-corrected chi connectivity index (χ0v) is 13.0. The normalized spacial score (nSPS) is 10.7. The molecule has 0 saturated carbocycles. The van der Waals surface area contributed by atoms with Gasteiger partial charge in [-0.05, 0) is 19.4 Å². The summed E-state index contributed by atoms with van der Waals surface area (Å²) in [6, 6.07) is 9.54. The smallest absolute Gasteiger partial charge is 0.268 e. The zero-order valence-electron chi connectivity index (χ0n) is 12.2. The lowest BCUT2D eigenvalue weighted by Gasteiger charge is -2.15. The van der Waals surface area contributed by atoms with E-state index in [0.717, 1.165) is 17.0 Å². The van der Waals surface area contributed by atoms with Crippen molar-refractivity contribution in [3.8, 4) is 0 Å². The van der Waals surface area contributed by atoms with Gasteiger partial charge in [-0.25, -0.2) is 0 Å². The largest absolute Gasteiger partial charge is 0.302 e. The van der Waals surface area contributed by atoms with Gasteiger partial charge in [-0.3, -0.25) is 19.8 Å². The van der Waals surface area contributed by atoms with Crippen molar-refractivity contribution in [1.29, 1.82) is 0 Å². The van der Waals surface area contributed by atoms with Crippen LogP contribution in [0.5, 0.6) is 0 Å². The summed E-state index contributed by atoms with van der Waals surface area (Å²) in [5.41, 5.74) is 3.08. The summed E-state index contributed by atoms with van der Waals surface area (Å²) in [6.45, 7) is 3.64. The highest BCUT2D eigenvalue weighted by molar-refractivity contribution is 5.85. The lowest BCUT2D eigenvalue weighted by Crippen LogP contribution is -2.20. The van der Waals surface area contributed by atoms with E-state index in [1.165, 1.54) is 0 Å². The first-order valence-electron chi connectivity index (χ1n) is 6.68. The van der Waals surface area contributed by atoms with Crippen LogP contribution in [0.4, 0.5) is 0 Å². The third kappa shape index (κ3) is 2.53. The molecule has 0 atom stereocenters. The second-order valence-corrected chi connectivity index (χ2v) is 5.08. The minimum absolute atomic E-state index is 0. The van der Waals surface area contributed by atoms with Crippen molar-refractivity contribution in [3.63, 3.8) is 0 Å². The fourth-order valence-corrected chi connectivity index (χ4v) is 2.73. The summed E-state index contributed by atoms with van der Waals surface area (Å²) in [6.07, 6.45) is 0. The van der Waals surface area contributed by atoms with Crippen LogP contribution in [-0.2, 0) is 0 Å². The minimum Gasteiger partial charge on any atom is -0.302 e. The van der Waals surface area contributed by atoms with Gasteiger partial charge in [0.1, 0.15) is 0 Å². The molecule has 1 aromatic carbocycles. The maximum atomic E-state index is 12.2. The first kappa shape index (κ1) is 15.9. The Balaban J connectivity index is 0.00000176. The van der Waals surface area contributed by atoms with Gasteiger partial charge in [0.15, 0.2) is 0 Å². The molecule has 0 spiro atoms. The molecule has 6 nitrogen and oxygen atoms in total. The number of hydrogen-bond acceptors (Lipinski definition) is 2. The van der Waals surface area contributed by atoms with Crippen molar-refractivity contribution in [1.82, 2.24) is 20.4 Å². The van der Waals surface area contributed by atoms with Gasteiger partial charge < -0.3 is 10.2 Å². The van der Waals surface area contributed by atoms with Crippen molar-refractivity contribution < 1.29 is 0 Å². The summed E-state index contributed by atoms with van der Waals surface area (Å²) in [7, 11) is 0. The Labute approximate surface area is 132 Å². The Kier molecular flexibility index (Phi) is 4.42. The van der Waals surface area contributed by atoms with E-state index in [1.807, 2.05) is 44.2 Å². The van der Waals surface area contributed by atoms with Crippen LogP contribution in [-0.4, -0.2) is 20.4 Å². The highest BCUT2D eigenvalue weighted by Crippen LogP contribution is 2.30. The van der Waals surface area contributed by atoms with E-state index >= 15 is 0 Å². The maximum absolute atomic E-state index is 12.2. The molecule has 2 aromatic heterocycles. The molecular weight excluding hydrogens is 304 g/mol. The fourth-order valence-electron chi connectivity index (χ4n) is 2.73. The van der Waals surface area contributed by atoms with Gasteiger partial charge in [0.05, 0.1) is 11.1 Å². The van der Waals surface area contributed by atoms with E-state index in [2.05, 4.69) is 20.4 Å². The summed E-state index contributed by atoms with van der Waals surface area (Å²) in [4.78, 5) is 24.3. The van der Waals surface area contributed by atoms with Crippen LogP contribution < -0.4 is 11.1 Å². The summed E-state index contributed by atoms with van der Waals surface area (Å²) < 4.78 is 0. The zero-order chi connectivity index (χ0) is 15.0. The lowest BCUT2D eigenvalue weighted by atomic mass is 9.85. The van der Waals surface area contributed by atoms with E-state index in [-0.39, 0.29) is 23.5 Å². The van der Waals surface area contributed by atoms with Gasteiger partial charge in [-0.15, -0.1) is 12.4 Å². The first-order chi connectivity index (χ1) is 10.1. The SMILES string of the molecule is Cc1[nH][nH]c(=O)c1C(c1ccccc1)c1c(C)[nH][nH]c1=O.Cl. The first-order valence-corrected chi connectivity index (χ1v) is 6.68. The van der Waals surface area contributed by atoms with E-state index in [4.69, 9.17) is 0 Å². The Morgan fingerprint density at radius 2 is 1.23 bits per heavy atom. The number of H-pyrrole nitrogens is 4. The standard InChI is InChI=1S/C15H16N4O2.ClH/c1-8-11(14(20)18-16-8)13(10-6-4-3-5-7-10)12-9(2)17-19-15(12)21;/h3-7,13H,1-2H3,(H2,16,18,20)(H2,17,19,21);1H.